The number of hydrogen-bond acceptors (Lipinski definition) is 6. The van der Waals surface area contributed by atoms with Crippen LogP contribution in [0.15, 0.2) is 0 Å². The first-order valence-corrected chi connectivity index (χ1v) is 8.32. The van der Waals surface area contributed by atoms with E-state index >= 15 is 0 Å². The number of nitrogens with zero attached hydrogens (tertiary/aromatic N) is 1. The van der Waals surface area contributed by atoms with E-state index in [2.05, 4.69) is 23.3 Å². The van der Waals surface area contributed by atoms with Crippen LogP contribution in [0.1, 0.15) is 32.1 Å². The van der Waals surface area contributed by atoms with Crippen LogP contribution in [-0.4, -0.2) is 66.8 Å². The van der Waals surface area contributed by atoms with Crippen LogP contribution in [0.2, 0.25) is 0 Å². The van der Waals surface area contributed by atoms with Gasteiger partial charge in [0.1, 0.15) is 6.04 Å². The number of likely N-dealkylation sites (N-methyl/N-ethyl adjacent to an activating group) is 2. The van der Waals surface area contributed by atoms with E-state index in [1.165, 1.54) is 17.4 Å². The fourth-order valence-electron chi connectivity index (χ4n) is 1.97. The monoisotopic (exact) mass is 348 g/mol. The van der Waals surface area contributed by atoms with Gasteiger partial charge in [-0.05, 0) is 25.6 Å². The molecule has 1 atom stereocenters. The Morgan fingerprint density at radius 1 is 1.17 bits per heavy atom. The lowest BCUT2D eigenvalue weighted by molar-refractivity contribution is -0.142. The van der Waals surface area contributed by atoms with Crippen molar-refractivity contribution in [3.05, 3.63) is 0 Å². The van der Waals surface area contributed by atoms with Gasteiger partial charge in [-0.1, -0.05) is 6.42 Å². The topological polar surface area (TPSA) is 111 Å². The zero-order valence-electron chi connectivity index (χ0n) is 13.8. The van der Waals surface area contributed by atoms with Crippen LogP contribution in [0.4, 0.5) is 0 Å². The molecule has 0 aromatic heterocycles. The molecule has 134 valence electrons. The van der Waals surface area contributed by atoms with Gasteiger partial charge in [0.2, 0.25) is 17.7 Å². The molecule has 3 amide bonds. The number of thiol groups is 1. The Balaban J connectivity index is 4.65. The van der Waals surface area contributed by atoms with Gasteiger partial charge in [0.05, 0.1) is 6.42 Å². The van der Waals surface area contributed by atoms with Gasteiger partial charge < -0.3 is 15.5 Å². The van der Waals surface area contributed by atoms with Gasteiger partial charge in [-0.25, -0.2) is 5.48 Å². The molecule has 0 aromatic rings. The highest BCUT2D eigenvalue weighted by atomic mass is 32.1. The standard InChI is InChI=1S/C14H28N4O4S/c1-15-7-8-16-14(21)11(10-12(19)17-22)18(2)13(20)6-4-3-5-9-23/h11,15,22-23H,3-10H2,1-2H3,(H,16,21)(H,17,19)/t11-/m0/s1. The molecule has 23 heavy (non-hydrogen) atoms. The molecule has 9 heteroatoms. The number of nitrogens with one attached hydrogen (secondary N) is 3. The molecule has 0 rings (SSSR count). The van der Waals surface area contributed by atoms with E-state index < -0.39 is 17.9 Å². The highest BCUT2D eigenvalue weighted by molar-refractivity contribution is 7.80. The molecule has 0 aliphatic rings. The molecule has 0 fully saturated rings. The summed E-state index contributed by atoms with van der Waals surface area (Å²) < 4.78 is 0. The zero-order valence-corrected chi connectivity index (χ0v) is 14.7. The number of amides is 3. The maximum atomic E-state index is 12.2. The van der Waals surface area contributed by atoms with Crippen molar-refractivity contribution in [2.24, 2.45) is 0 Å². The van der Waals surface area contributed by atoms with Gasteiger partial charge >= 0.3 is 0 Å². The van der Waals surface area contributed by atoms with Gasteiger partial charge in [0, 0.05) is 26.6 Å². The molecule has 0 unspecified atom stereocenters. The Morgan fingerprint density at radius 2 is 1.87 bits per heavy atom. The Labute approximate surface area is 142 Å². The van der Waals surface area contributed by atoms with E-state index in [0.717, 1.165) is 18.6 Å². The molecule has 0 saturated carbocycles. The van der Waals surface area contributed by atoms with Crippen LogP contribution in [0.3, 0.4) is 0 Å². The Morgan fingerprint density at radius 3 is 2.43 bits per heavy atom. The van der Waals surface area contributed by atoms with E-state index in [-0.39, 0.29) is 12.3 Å². The second-order valence-electron chi connectivity index (χ2n) is 5.19. The van der Waals surface area contributed by atoms with Crippen molar-refractivity contribution >= 4 is 30.4 Å². The Bertz CT molecular complexity index is 382. The summed E-state index contributed by atoms with van der Waals surface area (Å²) >= 11 is 4.11. The lowest BCUT2D eigenvalue weighted by Crippen LogP contribution is -2.50. The fourth-order valence-corrected chi connectivity index (χ4v) is 2.19. The first-order valence-electron chi connectivity index (χ1n) is 7.69. The van der Waals surface area contributed by atoms with E-state index in [4.69, 9.17) is 5.21 Å². The first-order chi connectivity index (χ1) is 11.0. The van der Waals surface area contributed by atoms with Gasteiger partial charge in [-0.3, -0.25) is 19.6 Å². The van der Waals surface area contributed by atoms with Gasteiger partial charge in [0.15, 0.2) is 0 Å². The molecule has 0 aliphatic carbocycles. The SMILES string of the molecule is CNCCNC(=O)[C@H](CC(=O)NO)N(C)C(=O)CCCCCS. The minimum absolute atomic E-state index is 0.205. The molecular weight excluding hydrogens is 320 g/mol. The summed E-state index contributed by atoms with van der Waals surface area (Å²) in [6, 6.07) is -0.948. The summed E-state index contributed by atoms with van der Waals surface area (Å²) in [5.74, 6) is -0.566. The van der Waals surface area contributed by atoms with Gasteiger partial charge in [-0.2, -0.15) is 12.6 Å². The minimum Gasteiger partial charge on any atom is -0.353 e. The summed E-state index contributed by atoms with van der Waals surface area (Å²) in [5.41, 5.74) is 1.49. The maximum absolute atomic E-state index is 12.2. The minimum atomic E-state index is -0.948. The second kappa shape index (κ2) is 13.1. The zero-order chi connectivity index (χ0) is 17.7. The summed E-state index contributed by atoms with van der Waals surface area (Å²) in [6.07, 6.45) is 2.55. The van der Waals surface area contributed by atoms with Crippen LogP contribution >= 0.6 is 12.6 Å². The molecule has 0 spiro atoms. The number of carbonyl (C=O) groups is 3. The molecule has 0 bridgehead atoms. The molecule has 8 nitrogen and oxygen atoms in total. The van der Waals surface area contributed by atoms with E-state index in [1.807, 2.05) is 0 Å². The van der Waals surface area contributed by atoms with Crippen LogP contribution in [-0.2, 0) is 14.4 Å². The lowest BCUT2D eigenvalue weighted by Gasteiger charge is -2.27. The quantitative estimate of drug-likeness (QED) is 0.142. The predicted molar refractivity (Wildman–Crippen MR) is 90.4 cm³/mol. The molecule has 0 aromatic carbocycles. The van der Waals surface area contributed by atoms with Crippen molar-refractivity contribution in [2.75, 3.05) is 32.9 Å². The van der Waals surface area contributed by atoms with E-state index in [0.29, 0.717) is 25.9 Å². The molecular formula is C14H28N4O4S. The number of unbranched alkanes of at least 4 members (excludes halogenated alkanes) is 2. The molecule has 0 saturated heterocycles. The average molecular weight is 348 g/mol. The normalized spacial score (nSPS) is 11.7. The number of hydrogen-bond donors (Lipinski definition) is 5. The smallest absolute Gasteiger partial charge is 0.245 e. The van der Waals surface area contributed by atoms with Crippen LogP contribution in [0, 0.1) is 0 Å². The second-order valence-corrected chi connectivity index (χ2v) is 5.64. The Kier molecular flexibility index (Phi) is 12.4. The van der Waals surface area contributed by atoms with Crippen molar-refractivity contribution in [2.45, 2.75) is 38.1 Å². The van der Waals surface area contributed by atoms with Crippen LogP contribution < -0.4 is 16.1 Å². The number of carbonyl (C=O) groups excluding carboxylic acids is 3. The fraction of sp³-hybridized carbons (Fsp3) is 0.786. The van der Waals surface area contributed by atoms with Crippen molar-refractivity contribution in [1.82, 2.24) is 21.0 Å². The van der Waals surface area contributed by atoms with Crippen molar-refractivity contribution in [3.8, 4) is 0 Å². The maximum Gasteiger partial charge on any atom is 0.245 e. The first kappa shape index (κ1) is 21.7. The van der Waals surface area contributed by atoms with Crippen LogP contribution in [0.5, 0.6) is 0 Å². The summed E-state index contributed by atoms with van der Waals surface area (Å²) in [5, 5.41) is 14.2. The Hall–Kier alpha value is -1.32. The van der Waals surface area contributed by atoms with E-state index in [9.17, 15) is 14.4 Å². The average Bonchev–Trinajstić information content (AvgIpc) is 2.55. The van der Waals surface area contributed by atoms with Gasteiger partial charge in [0.25, 0.3) is 0 Å². The van der Waals surface area contributed by atoms with Gasteiger partial charge in [-0.15, -0.1) is 0 Å². The van der Waals surface area contributed by atoms with Crippen molar-refractivity contribution < 1.29 is 19.6 Å². The largest absolute Gasteiger partial charge is 0.353 e. The summed E-state index contributed by atoms with van der Waals surface area (Å²) in [6.45, 7) is 0.961. The number of rotatable bonds is 12. The lowest BCUT2D eigenvalue weighted by atomic mass is 10.1. The highest BCUT2D eigenvalue weighted by Gasteiger charge is 2.28. The molecule has 0 heterocycles. The molecule has 4 N–H and O–H groups in total. The third-order valence-electron chi connectivity index (χ3n) is 3.39. The third kappa shape index (κ3) is 9.42. The summed E-state index contributed by atoms with van der Waals surface area (Å²) in [4.78, 5) is 37.0. The van der Waals surface area contributed by atoms with Crippen molar-refractivity contribution in [3.63, 3.8) is 0 Å². The summed E-state index contributed by atoms with van der Waals surface area (Å²) in [7, 11) is 3.25. The van der Waals surface area contributed by atoms with Crippen LogP contribution in [0.25, 0.3) is 0 Å². The third-order valence-corrected chi connectivity index (χ3v) is 3.71. The van der Waals surface area contributed by atoms with Crippen molar-refractivity contribution in [1.29, 1.82) is 0 Å². The predicted octanol–water partition coefficient (Wildman–Crippen LogP) is -0.465. The highest BCUT2D eigenvalue weighted by Crippen LogP contribution is 2.09. The molecule has 0 radical (unpaired) electrons. The van der Waals surface area contributed by atoms with E-state index in [1.54, 1.807) is 7.05 Å². The molecule has 0 aliphatic heterocycles. The number of hydroxylamine groups is 1.